The van der Waals surface area contributed by atoms with E-state index in [0.29, 0.717) is 17.6 Å². The number of rotatable bonds is 7. The lowest BCUT2D eigenvalue weighted by Crippen LogP contribution is -2.38. The zero-order chi connectivity index (χ0) is 17.1. The standard InChI is InChI=1S/C18H26N4O.HI/c1-5-15-8-7-9-16(12-15)22-17(23)13-21-18(19-6-2)20-11-10-14(3)4;/h1,7-9,12,14H,6,10-11,13H2,2-4H3,(H,22,23)(H2,19,20,21);1H. The van der Waals surface area contributed by atoms with Gasteiger partial charge in [0.05, 0.1) is 0 Å². The monoisotopic (exact) mass is 442 g/mol. The predicted octanol–water partition coefficient (Wildman–Crippen LogP) is 2.83. The molecule has 0 bridgehead atoms. The second kappa shape index (κ2) is 12.6. The summed E-state index contributed by atoms with van der Waals surface area (Å²) in [6.45, 7) is 7.96. The average molecular weight is 442 g/mol. The Morgan fingerprint density at radius 2 is 2.08 bits per heavy atom. The first kappa shape index (κ1) is 22.2. The third-order valence-corrected chi connectivity index (χ3v) is 3.05. The van der Waals surface area contributed by atoms with E-state index in [4.69, 9.17) is 6.42 Å². The molecule has 0 saturated carbocycles. The Balaban J connectivity index is 0.00000529. The minimum absolute atomic E-state index is 0. The number of nitrogens with one attached hydrogen (secondary N) is 3. The molecule has 1 amide bonds. The molecule has 6 heteroatoms. The fraction of sp³-hybridized carbons (Fsp3) is 0.444. The van der Waals surface area contributed by atoms with Crippen molar-refractivity contribution in [2.45, 2.75) is 27.2 Å². The zero-order valence-electron chi connectivity index (χ0n) is 14.6. The second-order valence-electron chi connectivity index (χ2n) is 5.58. The molecule has 0 atom stereocenters. The minimum atomic E-state index is -0.180. The Labute approximate surface area is 162 Å². The summed E-state index contributed by atoms with van der Waals surface area (Å²) in [6.07, 6.45) is 6.40. The number of aliphatic imine (C=N–C) groups is 1. The number of guanidine groups is 1. The van der Waals surface area contributed by atoms with Gasteiger partial charge < -0.3 is 16.0 Å². The van der Waals surface area contributed by atoms with Gasteiger partial charge in [0.2, 0.25) is 5.91 Å². The zero-order valence-corrected chi connectivity index (χ0v) is 16.9. The van der Waals surface area contributed by atoms with E-state index in [2.05, 4.69) is 40.7 Å². The Morgan fingerprint density at radius 3 is 2.71 bits per heavy atom. The molecule has 0 aliphatic rings. The quantitative estimate of drug-likeness (QED) is 0.263. The molecule has 0 unspecified atom stereocenters. The molecule has 0 radical (unpaired) electrons. The van der Waals surface area contributed by atoms with E-state index in [1.54, 1.807) is 12.1 Å². The lowest BCUT2D eigenvalue weighted by atomic mass is 10.1. The van der Waals surface area contributed by atoms with E-state index in [0.717, 1.165) is 25.1 Å². The van der Waals surface area contributed by atoms with E-state index < -0.39 is 0 Å². The maximum atomic E-state index is 12.0. The molecule has 3 N–H and O–H groups in total. The molecule has 0 heterocycles. The number of halogens is 1. The number of carbonyl (C=O) groups is 1. The van der Waals surface area contributed by atoms with Crippen LogP contribution in [0, 0.1) is 18.3 Å². The lowest BCUT2D eigenvalue weighted by Gasteiger charge is -2.12. The molecule has 1 rings (SSSR count). The number of anilines is 1. The Morgan fingerprint density at radius 1 is 1.33 bits per heavy atom. The van der Waals surface area contributed by atoms with Crippen molar-refractivity contribution in [3.8, 4) is 12.3 Å². The molecule has 0 fully saturated rings. The molecule has 24 heavy (non-hydrogen) atoms. The molecule has 1 aromatic rings. The minimum Gasteiger partial charge on any atom is -0.357 e. The highest BCUT2D eigenvalue weighted by Gasteiger charge is 2.04. The van der Waals surface area contributed by atoms with Crippen LogP contribution in [0.5, 0.6) is 0 Å². The van der Waals surface area contributed by atoms with E-state index in [1.165, 1.54) is 0 Å². The van der Waals surface area contributed by atoms with Gasteiger partial charge in [-0.1, -0.05) is 25.8 Å². The molecule has 0 aliphatic carbocycles. The molecule has 0 aromatic heterocycles. The van der Waals surface area contributed by atoms with E-state index >= 15 is 0 Å². The summed E-state index contributed by atoms with van der Waals surface area (Å²) in [4.78, 5) is 16.3. The SMILES string of the molecule is C#Cc1cccc(NC(=O)CN=C(NCC)NCCC(C)C)c1.I. The number of carbonyl (C=O) groups excluding carboxylic acids is 1. The first-order chi connectivity index (χ1) is 11.0. The van der Waals surface area contributed by atoms with Crippen molar-refractivity contribution >= 4 is 41.5 Å². The summed E-state index contributed by atoms with van der Waals surface area (Å²) in [6, 6.07) is 7.18. The fourth-order valence-corrected chi connectivity index (χ4v) is 1.86. The van der Waals surface area contributed by atoms with Gasteiger partial charge in [-0.25, -0.2) is 4.99 Å². The van der Waals surface area contributed by atoms with E-state index in [1.807, 2.05) is 19.1 Å². The smallest absolute Gasteiger partial charge is 0.246 e. The Kier molecular flexibility index (Phi) is 11.7. The van der Waals surface area contributed by atoms with Gasteiger partial charge in [-0.05, 0) is 37.5 Å². The maximum absolute atomic E-state index is 12.0. The fourth-order valence-electron chi connectivity index (χ4n) is 1.86. The number of amides is 1. The van der Waals surface area contributed by atoms with Crippen LogP contribution in [0.1, 0.15) is 32.8 Å². The van der Waals surface area contributed by atoms with Gasteiger partial charge in [-0.3, -0.25) is 4.79 Å². The van der Waals surface area contributed by atoms with E-state index in [-0.39, 0.29) is 36.4 Å². The van der Waals surface area contributed by atoms with Gasteiger partial charge in [0, 0.05) is 24.3 Å². The number of terminal acetylenes is 1. The van der Waals surface area contributed by atoms with Crippen molar-refractivity contribution in [1.29, 1.82) is 0 Å². The van der Waals surface area contributed by atoms with Gasteiger partial charge in [0.25, 0.3) is 0 Å². The Bertz CT molecular complexity index is 579. The summed E-state index contributed by atoms with van der Waals surface area (Å²) in [5.41, 5.74) is 1.41. The summed E-state index contributed by atoms with van der Waals surface area (Å²) < 4.78 is 0. The van der Waals surface area contributed by atoms with Crippen LogP contribution in [0.25, 0.3) is 0 Å². The second-order valence-corrected chi connectivity index (χ2v) is 5.58. The first-order valence-electron chi connectivity index (χ1n) is 7.93. The van der Waals surface area contributed by atoms with Crippen LogP contribution in [0.4, 0.5) is 5.69 Å². The highest BCUT2D eigenvalue weighted by Crippen LogP contribution is 2.09. The van der Waals surface area contributed by atoms with Gasteiger partial charge in [0.1, 0.15) is 6.54 Å². The maximum Gasteiger partial charge on any atom is 0.246 e. The van der Waals surface area contributed by atoms with Crippen LogP contribution in [0.2, 0.25) is 0 Å². The topological polar surface area (TPSA) is 65.5 Å². The molecule has 132 valence electrons. The van der Waals surface area contributed by atoms with Crippen LogP contribution in [-0.4, -0.2) is 31.5 Å². The normalized spacial score (nSPS) is 10.5. The van der Waals surface area contributed by atoms with Gasteiger partial charge >= 0.3 is 0 Å². The summed E-state index contributed by atoms with van der Waals surface area (Å²) in [5, 5.41) is 9.14. The average Bonchev–Trinajstić information content (AvgIpc) is 2.52. The third-order valence-electron chi connectivity index (χ3n) is 3.05. The number of hydrogen-bond acceptors (Lipinski definition) is 2. The summed E-state index contributed by atoms with van der Waals surface area (Å²) in [7, 11) is 0. The molecule has 1 aromatic carbocycles. The van der Waals surface area contributed by atoms with E-state index in [9.17, 15) is 4.79 Å². The predicted molar refractivity (Wildman–Crippen MR) is 112 cm³/mol. The molecule has 0 saturated heterocycles. The first-order valence-corrected chi connectivity index (χ1v) is 7.93. The van der Waals surface area contributed by atoms with Crippen molar-refractivity contribution in [3.63, 3.8) is 0 Å². The molecule has 0 spiro atoms. The lowest BCUT2D eigenvalue weighted by molar-refractivity contribution is -0.114. The summed E-state index contributed by atoms with van der Waals surface area (Å²) in [5.74, 6) is 3.64. The van der Waals surface area contributed by atoms with Crippen molar-refractivity contribution in [2.75, 3.05) is 25.0 Å². The van der Waals surface area contributed by atoms with Crippen LogP contribution in [0.15, 0.2) is 29.3 Å². The molecular weight excluding hydrogens is 415 g/mol. The van der Waals surface area contributed by atoms with Crippen LogP contribution in [0.3, 0.4) is 0 Å². The van der Waals surface area contributed by atoms with Crippen molar-refractivity contribution in [3.05, 3.63) is 29.8 Å². The number of nitrogens with zero attached hydrogens (tertiary/aromatic N) is 1. The highest BCUT2D eigenvalue weighted by molar-refractivity contribution is 14.0. The molecular formula is C18H27IN4O. The largest absolute Gasteiger partial charge is 0.357 e. The Hall–Kier alpha value is -1.75. The van der Waals surface area contributed by atoms with Crippen LogP contribution < -0.4 is 16.0 Å². The number of hydrogen-bond donors (Lipinski definition) is 3. The van der Waals surface area contributed by atoms with Gasteiger partial charge in [-0.15, -0.1) is 30.4 Å². The van der Waals surface area contributed by atoms with Crippen molar-refractivity contribution in [2.24, 2.45) is 10.9 Å². The highest BCUT2D eigenvalue weighted by atomic mass is 127. The summed E-state index contributed by atoms with van der Waals surface area (Å²) >= 11 is 0. The number of benzene rings is 1. The van der Waals surface area contributed by atoms with Gasteiger partial charge in [-0.2, -0.15) is 0 Å². The van der Waals surface area contributed by atoms with Crippen LogP contribution in [-0.2, 0) is 4.79 Å². The van der Waals surface area contributed by atoms with Crippen molar-refractivity contribution < 1.29 is 4.79 Å². The van der Waals surface area contributed by atoms with Crippen molar-refractivity contribution in [1.82, 2.24) is 10.6 Å². The third kappa shape index (κ3) is 9.40. The van der Waals surface area contributed by atoms with Crippen LogP contribution >= 0.6 is 24.0 Å². The molecule has 5 nitrogen and oxygen atoms in total. The molecule has 0 aliphatic heterocycles. The van der Waals surface area contributed by atoms with Gasteiger partial charge in [0.15, 0.2) is 5.96 Å².